The van der Waals surface area contributed by atoms with Crippen LogP contribution in [0.25, 0.3) is 0 Å². The van der Waals surface area contributed by atoms with Crippen LogP contribution in [-0.4, -0.2) is 23.5 Å². The van der Waals surface area contributed by atoms with Crippen LogP contribution in [0.2, 0.25) is 0 Å². The van der Waals surface area contributed by atoms with Crippen molar-refractivity contribution in [2.45, 2.75) is 39.7 Å². The van der Waals surface area contributed by atoms with E-state index in [1.54, 1.807) is 18.5 Å². The van der Waals surface area contributed by atoms with E-state index in [1.807, 2.05) is 13.8 Å². The van der Waals surface area contributed by atoms with Crippen molar-refractivity contribution < 1.29 is 4.79 Å². The minimum Gasteiger partial charge on any atom is -0.383 e. The number of rotatable bonds is 6. The van der Waals surface area contributed by atoms with Crippen molar-refractivity contribution in [3.05, 3.63) is 24.0 Å². The van der Waals surface area contributed by atoms with Crippen LogP contribution in [0.3, 0.4) is 0 Å². The highest BCUT2D eigenvalue weighted by Crippen LogP contribution is 2.13. The average Bonchev–Trinajstić information content (AvgIpc) is 2.36. The van der Waals surface area contributed by atoms with Gasteiger partial charge in [0.05, 0.1) is 17.4 Å². The predicted octanol–water partition coefficient (Wildman–Crippen LogP) is 2.43. The number of carbonyl (C=O) groups excluding carboxylic acids is 1. The Morgan fingerprint density at radius 2 is 2.24 bits per heavy atom. The first-order chi connectivity index (χ1) is 8.19. The van der Waals surface area contributed by atoms with Gasteiger partial charge in [-0.3, -0.25) is 9.78 Å². The van der Waals surface area contributed by atoms with Crippen molar-refractivity contribution in [2.24, 2.45) is 0 Å². The van der Waals surface area contributed by atoms with Gasteiger partial charge in [0.15, 0.2) is 0 Å². The number of pyridine rings is 1. The number of aromatic nitrogens is 1. The van der Waals surface area contributed by atoms with E-state index in [0.29, 0.717) is 5.56 Å². The lowest BCUT2D eigenvalue weighted by Gasteiger charge is -2.14. The van der Waals surface area contributed by atoms with Crippen molar-refractivity contribution in [2.75, 3.05) is 11.9 Å². The highest BCUT2D eigenvalue weighted by atomic mass is 16.1. The number of hydrogen-bond donors (Lipinski definition) is 2. The summed E-state index contributed by atoms with van der Waals surface area (Å²) in [4.78, 5) is 16.1. The lowest BCUT2D eigenvalue weighted by molar-refractivity contribution is 0.0940. The first kappa shape index (κ1) is 13.5. The van der Waals surface area contributed by atoms with E-state index in [9.17, 15) is 4.79 Å². The molecule has 0 bridgehead atoms. The van der Waals surface area contributed by atoms with Crippen molar-refractivity contribution in [1.29, 1.82) is 0 Å². The summed E-state index contributed by atoms with van der Waals surface area (Å²) in [6.07, 6.45) is 5.28. The molecule has 1 unspecified atom stereocenters. The van der Waals surface area contributed by atoms with Gasteiger partial charge in [0.1, 0.15) is 0 Å². The maximum atomic E-state index is 12.0. The summed E-state index contributed by atoms with van der Waals surface area (Å²) in [6, 6.07) is 1.94. The Bertz CT molecular complexity index is 365. The van der Waals surface area contributed by atoms with E-state index in [2.05, 4.69) is 22.5 Å². The number of carbonyl (C=O) groups is 1. The molecule has 1 amide bonds. The first-order valence-corrected chi connectivity index (χ1v) is 6.17. The van der Waals surface area contributed by atoms with Gasteiger partial charge in [-0.1, -0.05) is 13.8 Å². The molecule has 0 aliphatic heterocycles. The van der Waals surface area contributed by atoms with Gasteiger partial charge < -0.3 is 10.6 Å². The van der Waals surface area contributed by atoms with Crippen LogP contribution in [0.5, 0.6) is 0 Å². The van der Waals surface area contributed by atoms with Crippen LogP contribution < -0.4 is 10.6 Å². The smallest absolute Gasteiger partial charge is 0.253 e. The standard InChI is InChI=1S/C13H21N3O/c1-4-7-15-12-9-14-8-6-11(12)13(17)16-10(3)5-2/h6,8-10,15H,4-5,7H2,1-3H3,(H,16,17). The third-order valence-electron chi connectivity index (χ3n) is 2.62. The van der Waals surface area contributed by atoms with Crippen molar-refractivity contribution in [1.82, 2.24) is 10.3 Å². The van der Waals surface area contributed by atoms with Gasteiger partial charge in [-0.15, -0.1) is 0 Å². The van der Waals surface area contributed by atoms with Crippen molar-refractivity contribution in [3.63, 3.8) is 0 Å². The molecule has 0 aliphatic rings. The number of hydrogen-bond acceptors (Lipinski definition) is 3. The van der Waals surface area contributed by atoms with Gasteiger partial charge in [-0.05, 0) is 25.8 Å². The van der Waals surface area contributed by atoms with Crippen LogP contribution in [0.4, 0.5) is 5.69 Å². The van der Waals surface area contributed by atoms with Crippen LogP contribution in [0, 0.1) is 0 Å². The molecule has 1 atom stereocenters. The third kappa shape index (κ3) is 4.06. The zero-order chi connectivity index (χ0) is 12.7. The Kier molecular flexibility index (Phi) is 5.46. The topological polar surface area (TPSA) is 54.0 Å². The fraction of sp³-hybridized carbons (Fsp3) is 0.538. The maximum absolute atomic E-state index is 12.0. The molecule has 0 aliphatic carbocycles. The van der Waals surface area contributed by atoms with Crippen LogP contribution >= 0.6 is 0 Å². The summed E-state index contributed by atoms with van der Waals surface area (Å²) in [7, 11) is 0. The molecule has 0 aromatic carbocycles. The van der Waals surface area contributed by atoms with Gasteiger partial charge >= 0.3 is 0 Å². The molecule has 4 heteroatoms. The fourth-order valence-corrected chi connectivity index (χ4v) is 1.40. The molecule has 0 fully saturated rings. The number of nitrogens with one attached hydrogen (secondary N) is 2. The SMILES string of the molecule is CCCNc1cnccc1C(=O)NC(C)CC. The van der Waals surface area contributed by atoms with Crippen molar-refractivity contribution in [3.8, 4) is 0 Å². The van der Waals surface area contributed by atoms with Crippen LogP contribution in [0.1, 0.15) is 44.0 Å². The summed E-state index contributed by atoms with van der Waals surface area (Å²) in [5.74, 6) is -0.0413. The zero-order valence-corrected chi connectivity index (χ0v) is 10.8. The highest BCUT2D eigenvalue weighted by molar-refractivity contribution is 5.99. The average molecular weight is 235 g/mol. The zero-order valence-electron chi connectivity index (χ0n) is 10.8. The Balaban J connectivity index is 2.77. The minimum absolute atomic E-state index is 0.0413. The lowest BCUT2D eigenvalue weighted by atomic mass is 10.2. The largest absolute Gasteiger partial charge is 0.383 e. The summed E-state index contributed by atoms with van der Waals surface area (Å²) < 4.78 is 0. The highest BCUT2D eigenvalue weighted by Gasteiger charge is 2.12. The normalized spacial score (nSPS) is 11.9. The fourth-order valence-electron chi connectivity index (χ4n) is 1.40. The van der Waals surface area contributed by atoms with E-state index in [1.165, 1.54) is 0 Å². The predicted molar refractivity (Wildman–Crippen MR) is 70.2 cm³/mol. The number of amides is 1. The van der Waals surface area contributed by atoms with E-state index in [4.69, 9.17) is 0 Å². The molecular formula is C13H21N3O. The molecule has 0 saturated carbocycles. The first-order valence-electron chi connectivity index (χ1n) is 6.17. The minimum atomic E-state index is -0.0413. The molecule has 1 aromatic heterocycles. The molecule has 0 spiro atoms. The van der Waals surface area contributed by atoms with E-state index in [-0.39, 0.29) is 11.9 Å². The van der Waals surface area contributed by atoms with E-state index < -0.39 is 0 Å². The molecule has 1 heterocycles. The van der Waals surface area contributed by atoms with Gasteiger partial charge in [-0.2, -0.15) is 0 Å². The van der Waals surface area contributed by atoms with E-state index >= 15 is 0 Å². The Morgan fingerprint density at radius 3 is 2.88 bits per heavy atom. The van der Waals surface area contributed by atoms with Crippen LogP contribution in [-0.2, 0) is 0 Å². The number of anilines is 1. The maximum Gasteiger partial charge on any atom is 0.253 e. The van der Waals surface area contributed by atoms with Crippen LogP contribution in [0.15, 0.2) is 18.5 Å². The second-order valence-electron chi connectivity index (χ2n) is 4.13. The molecule has 94 valence electrons. The quantitative estimate of drug-likeness (QED) is 0.796. The molecule has 0 radical (unpaired) electrons. The van der Waals surface area contributed by atoms with E-state index in [0.717, 1.165) is 25.1 Å². The number of nitrogens with zero attached hydrogens (tertiary/aromatic N) is 1. The third-order valence-corrected chi connectivity index (χ3v) is 2.62. The second kappa shape index (κ2) is 6.89. The van der Waals surface area contributed by atoms with Gasteiger partial charge in [0, 0.05) is 18.8 Å². The molecule has 17 heavy (non-hydrogen) atoms. The van der Waals surface area contributed by atoms with Gasteiger partial charge in [0.2, 0.25) is 0 Å². The van der Waals surface area contributed by atoms with Crippen molar-refractivity contribution >= 4 is 11.6 Å². The summed E-state index contributed by atoms with van der Waals surface area (Å²) in [6.45, 7) is 6.98. The molecule has 4 nitrogen and oxygen atoms in total. The Morgan fingerprint density at radius 1 is 1.47 bits per heavy atom. The molecular weight excluding hydrogens is 214 g/mol. The Labute approximate surface area is 103 Å². The monoisotopic (exact) mass is 235 g/mol. The molecule has 1 rings (SSSR count). The summed E-state index contributed by atoms with van der Waals surface area (Å²) in [5, 5.41) is 6.17. The molecule has 2 N–H and O–H groups in total. The van der Waals surface area contributed by atoms with Gasteiger partial charge in [0.25, 0.3) is 5.91 Å². The molecule has 0 saturated heterocycles. The van der Waals surface area contributed by atoms with Gasteiger partial charge in [-0.25, -0.2) is 0 Å². The second-order valence-corrected chi connectivity index (χ2v) is 4.13. The molecule has 1 aromatic rings. The lowest BCUT2D eigenvalue weighted by Crippen LogP contribution is -2.32. The summed E-state index contributed by atoms with van der Waals surface area (Å²) in [5.41, 5.74) is 1.46. The summed E-state index contributed by atoms with van der Waals surface area (Å²) >= 11 is 0. The Hall–Kier alpha value is -1.58.